The molecule has 0 aliphatic carbocycles. The van der Waals surface area contributed by atoms with E-state index in [1.54, 1.807) is 11.0 Å². The molecule has 2 amide bonds. The molecule has 2 aromatic carbocycles. The third-order valence-electron chi connectivity index (χ3n) is 4.87. The average Bonchev–Trinajstić information content (AvgIpc) is 2.73. The number of carbonyl (C=O) groups is 2. The average molecular weight is 510 g/mol. The van der Waals surface area contributed by atoms with Crippen LogP contribution in [0, 0.1) is 0 Å². The van der Waals surface area contributed by atoms with Crippen molar-refractivity contribution in [1.82, 2.24) is 10.2 Å². The first-order chi connectivity index (χ1) is 14.8. The van der Waals surface area contributed by atoms with E-state index in [1.807, 2.05) is 57.2 Å². The molecule has 0 aliphatic heterocycles. The van der Waals surface area contributed by atoms with Crippen molar-refractivity contribution in [2.45, 2.75) is 59.2 Å². The molecule has 31 heavy (non-hydrogen) atoms. The summed E-state index contributed by atoms with van der Waals surface area (Å²) in [5, 5.41) is 3.46. The summed E-state index contributed by atoms with van der Waals surface area (Å²) in [6.07, 6.45) is 1.39. The van der Waals surface area contributed by atoms with Gasteiger partial charge < -0.3 is 15.0 Å². The molecular formula is C24H30BrClN2O3. The molecule has 2 rings (SSSR count). The number of ether oxygens (including phenoxy) is 1. The van der Waals surface area contributed by atoms with Crippen molar-refractivity contribution >= 4 is 39.3 Å². The summed E-state index contributed by atoms with van der Waals surface area (Å²) >= 11 is 9.83. The van der Waals surface area contributed by atoms with Crippen LogP contribution in [0.1, 0.15) is 45.2 Å². The quantitative estimate of drug-likeness (QED) is 0.468. The van der Waals surface area contributed by atoms with Gasteiger partial charge in [0, 0.05) is 17.6 Å². The molecule has 0 aliphatic rings. The molecule has 1 atom stereocenters. The van der Waals surface area contributed by atoms with Gasteiger partial charge in [-0.1, -0.05) is 49.7 Å². The molecule has 0 unspecified atom stereocenters. The zero-order chi connectivity index (χ0) is 23.0. The number of nitrogens with one attached hydrogen (secondary N) is 1. The van der Waals surface area contributed by atoms with E-state index in [0.29, 0.717) is 17.2 Å². The maximum Gasteiger partial charge on any atom is 0.261 e. The van der Waals surface area contributed by atoms with E-state index >= 15 is 0 Å². The first-order valence-electron chi connectivity index (χ1n) is 10.5. The number of nitrogens with zero attached hydrogens (tertiary/aromatic N) is 1. The van der Waals surface area contributed by atoms with Crippen molar-refractivity contribution in [2.75, 3.05) is 6.61 Å². The number of rotatable bonds is 10. The third kappa shape index (κ3) is 7.25. The van der Waals surface area contributed by atoms with Gasteiger partial charge in [-0.25, -0.2) is 0 Å². The molecule has 2 aromatic rings. The number of benzene rings is 2. The number of carbonyl (C=O) groups excluding carboxylic acids is 2. The van der Waals surface area contributed by atoms with Gasteiger partial charge in [0.1, 0.15) is 11.8 Å². The Bertz CT molecular complexity index is 904. The molecule has 0 aromatic heterocycles. The fourth-order valence-electron chi connectivity index (χ4n) is 3.21. The monoisotopic (exact) mass is 508 g/mol. The summed E-state index contributed by atoms with van der Waals surface area (Å²) in [5.41, 5.74) is 1.95. The Kier molecular flexibility index (Phi) is 9.85. The van der Waals surface area contributed by atoms with E-state index < -0.39 is 6.04 Å². The molecule has 168 valence electrons. The standard InChI is InChI=1S/C24H30BrClN2O3/c1-5-17-11-12-22(19(25)13-17)31-15-23(29)28(14-18-9-7-8-10-20(18)26)21(6-2)24(30)27-16(3)4/h7-13,16,21H,5-6,14-15H2,1-4H3,(H,27,30)/t21-/m1/s1. The first-order valence-corrected chi connectivity index (χ1v) is 11.7. The normalized spacial score (nSPS) is 11.8. The number of hydrogen-bond acceptors (Lipinski definition) is 3. The summed E-state index contributed by atoms with van der Waals surface area (Å²) in [4.78, 5) is 27.6. The SMILES string of the molecule is CCc1ccc(OCC(=O)N(Cc2ccccc2Cl)[C@H](CC)C(=O)NC(C)C)c(Br)c1. The molecule has 0 heterocycles. The molecule has 5 nitrogen and oxygen atoms in total. The Labute approximate surface area is 198 Å². The first kappa shape index (κ1) is 25.2. The van der Waals surface area contributed by atoms with Gasteiger partial charge in [0.05, 0.1) is 4.47 Å². The highest BCUT2D eigenvalue weighted by Gasteiger charge is 2.29. The maximum absolute atomic E-state index is 13.2. The minimum atomic E-state index is -0.624. The van der Waals surface area contributed by atoms with Crippen molar-refractivity contribution in [3.63, 3.8) is 0 Å². The lowest BCUT2D eigenvalue weighted by Gasteiger charge is -2.31. The van der Waals surface area contributed by atoms with Gasteiger partial charge in [0.2, 0.25) is 5.91 Å². The lowest BCUT2D eigenvalue weighted by atomic mass is 10.1. The minimum Gasteiger partial charge on any atom is -0.483 e. The van der Waals surface area contributed by atoms with Gasteiger partial charge in [-0.15, -0.1) is 0 Å². The highest BCUT2D eigenvalue weighted by Crippen LogP contribution is 2.27. The highest BCUT2D eigenvalue weighted by molar-refractivity contribution is 9.10. The van der Waals surface area contributed by atoms with Gasteiger partial charge in [-0.05, 0) is 71.9 Å². The molecule has 0 fully saturated rings. The van der Waals surface area contributed by atoms with Gasteiger partial charge in [0.25, 0.3) is 5.91 Å². The lowest BCUT2D eigenvalue weighted by molar-refractivity contribution is -0.143. The van der Waals surface area contributed by atoms with Crippen LogP contribution in [0.4, 0.5) is 0 Å². The van der Waals surface area contributed by atoms with Crippen molar-refractivity contribution in [3.05, 3.63) is 63.1 Å². The van der Waals surface area contributed by atoms with E-state index in [2.05, 4.69) is 28.2 Å². The molecule has 0 saturated heterocycles. The van der Waals surface area contributed by atoms with Crippen molar-refractivity contribution in [1.29, 1.82) is 0 Å². The number of amides is 2. The van der Waals surface area contributed by atoms with Crippen LogP contribution in [0.2, 0.25) is 5.02 Å². The second kappa shape index (κ2) is 12.1. The Balaban J connectivity index is 2.24. The van der Waals surface area contributed by atoms with E-state index in [1.165, 1.54) is 5.56 Å². The van der Waals surface area contributed by atoms with Crippen molar-refractivity contribution in [3.8, 4) is 5.75 Å². The molecule has 7 heteroatoms. The highest BCUT2D eigenvalue weighted by atomic mass is 79.9. The number of hydrogen-bond donors (Lipinski definition) is 1. The topological polar surface area (TPSA) is 58.6 Å². The maximum atomic E-state index is 13.2. The Morgan fingerprint density at radius 3 is 2.45 bits per heavy atom. The van der Waals surface area contributed by atoms with E-state index in [-0.39, 0.29) is 31.0 Å². The summed E-state index contributed by atoms with van der Waals surface area (Å²) in [6.45, 7) is 7.79. The predicted octanol–water partition coefficient (Wildman–Crippen LogP) is 5.38. The van der Waals surface area contributed by atoms with Crippen LogP contribution in [-0.2, 0) is 22.6 Å². The summed E-state index contributed by atoms with van der Waals surface area (Å²) in [6, 6.07) is 12.5. The zero-order valence-electron chi connectivity index (χ0n) is 18.5. The van der Waals surface area contributed by atoms with Crippen LogP contribution >= 0.6 is 27.5 Å². The fourth-order valence-corrected chi connectivity index (χ4v) is 3.95. The predicted molar refractivity (Wildman–Crippen MR) is 128 cm³/mol. The second-order valence-electron chi connectivity index (χ2n) is 7.61. The van der Waals surface area contributed by atoms with Crippen molar-refractivity contribution < 1.29 is 14.3 Å². The summed E-state index contributed by atoms with van der Waals surface area (Å²) < 4.78 is 6.59. The van der Waals surface area contributed by atoms with Gasteiger partial charge in [-0.2, -0.15) is 0 Å². The lowest BCUT2D eigenvalue weighted by Crippen LogP contribution is -2.51. The Morgan fingerprint density at radius 1 is 1.16 bits per heavy atom. The molecular weight excluding hydrogens is 480 g/mol. The molecule has 0 bridgehead atoms. The Hall–Kier alpha value is -2.05. The molecule has 0 spiro atoms. The van der Waals surface area contributed by atoms with Crippen LogP contribution in [-0.4, -0.2) is 35.4 Å². The van der Waals surface area contributed by atoms with Crippen LogP contribution in [0.15, 0.2) is 46.9 Å². The smallest absolute Gasteiger partial charge is 0.261 e. The third-order valence-corrected chi connectivity index (χ3v) is 5.86. The zero-order valence-corrected chi connectivity index (χ0v) is 20.8. The van der Waals surface area contributed by atoms with Gasteiger partial charge in [0.15, 0.2) is 6.61 Å². The van der Waals surface area contributed by atoms with E-state index in [9.17, 15) is 9.59 Å². The molecule has 0 radical (unpaired) electrons. The van der Waals surface area contributed by atoms with Crippen LogP contribution in [0.3, 0.4) is 0 Å². The fraction of sp³-hybridized carbons (Fsp3) is 0.417. The van der Waals surface area contributed by atoms with E-state index in [4.69, 9.17) is 16.3 Å². The van der Waals surface area contributed by atoms with Crippen LogP contribution in [0.25, 0.3) is 0 Å². The molecule has 1 N–H and O–H groups in total. The second-order valence-corrected chi connectivity index (χ2v) is 8.87. The minimum absolute atomic E-state index is 0.0249. The summed E-state index contributed by atoms with van der Waals surface area (Å²) in [7, 11) is 0. The number of aryl methyl sites for hydroxylation is 1. The Morgan fingerprint density at radius 2 is 1.87 bits per heavy atom. The van der Waals surface area contributed by atoms with E-state index in [0.717, 1.165) is 16.5 Å². The van der Waals surface area contributed by atoms with Crippen molar-refractivity contribution in [2.24, 2.45) is 0 Å². The van der Waals surface area contributed by atoms with Gasteiger partial charge >= 0.3 is 0 Å². The summed E-state index contributed by atoms with van der Waals surface area (Å²) in [5.74, 6) is 0.117. The largest absolute Gasteiger partial charge is 0.483 e. The molecule has 0 saturated carbocycles. The van der Waals surface area contributed by atoms with Crippen LogP contribution in [0.5, 0.6) is 5.75 Å². The number of halogens is 2. The van der Waals surface area contributed by atoms with Gasteiger partial charge in [-0.3, -0.25) is 9.59 Å². The van der Waals surface area contributed by atoms with Crippen LogP contribution < -0.4 is 10.1 Å².